The Bertz CT molecular complexity index is 629. The topological polar surface area (TPSA) is 72.9 Å². The number of carbonyl (C=O) groups excluding carboxylic acids is 1. The molecule has 1 saturated heterocycles. The largest absolute Gasteiger partial charge is 0.481 e. The van der Waals surface area contributed by atoms with Crippen molar-refractivity contribution in [2.24, 2.45) is 0 Å². The number of nitrogens with zero attached hydrogens (tertiary/aromatic N) is 2. The van der Waals surface area contributed by atoms with E-state index < -0.39 is 17.7 Å². The molecule has 144 valence electrons. The number of piperazine rings is 1. The molecule has 1 aromatic carbocycles. The quantitative estimate of drug-likeness (QED) is 0.751. The van der Waals surface area contributed by atoms with Crippen molar-refractivity contribution in [1.29, 1.82) is 0 Å². The van der Waals surface area contributed by atoms with E-state index in [0.29, 0.717) is 51.3 Å². The van der Waals surface area contributed by atoms with Crippen LogP contribution in [0.1, 0.15) is 24.0 Å². The molecular weight excluding hydrogens is 351 g/mol. The van der Waals surface area contributed by atoms with Crippen molar-refractivity contribution in [3.05, 3.63) is 35.4 Å². The summed E-state index contributed by atoms with van der Waals surface area (Å²) in [6.45, 7) is 2.79. The van der Waals surface area contributed by atoms with E-state index in [-0.39, 0.29) is 12.5 Å². The van der Waals surface area contributed by atoms with Gasteiger partial charge in [0.1, 0.15) is 0 Å². The third-order valence-electron chi connectivity index (χ3n) is 4.16. The maximum absolute atomic E-state index is 12.8. The van der Waals surface area contributed by atoms with Crippen LogP contribution in [0.15, 0.2) is 24.3 Å². The van der Waals surface area contributed by atoms with Gasteiger partial charge in [0.15, 0.2) is 0 Å². The Morgan fingerprint density at radius 3 is 2.46 bits per heavy atom. The number of hydrogen-bond donors (Lipinski definition) is 2. The first-order valence-corrected chi connectivity index (χ1v) is 8.39. The lowest BCUT2D eigenvalue weighted by atomic mass is 10.1. The fourth-order valence-corrected chi connectivity index (χ4v) is 2.76. The zero-order chi connectivity index (χ0) is 19.2. The third-order valence-corrected chi connectivity index (χ3v) is 4.16. The highest BCUT2D eigenvalue weighted by molar-refractivity contribution is 5.74. The minimum Gasteiger partial charge on any atom is -0.481 e. The monoisotopic (exact) mass is 373 g/mol. The van der Waals surface area contributed by atoms with Gasteiger partial charge in [0.05, 0.1) is 5.56 Å². The molecule has 0 atom stereocenters. The molecular formula is C17H22F3N3O3. The summed E-state index contributed by atoms with van der Waals surface area (Å²) in [7, 11) is 0. The molecule has 1 heterocycles. The van der Waals surface area contributed by atoms with Crippen LogP contribution < -0.4 is 5.32 Å². The Balaban J connectivity index is 1.76. The van der Waals surface area contributed by atoms with Crippen molar-refractivity contribution in [3.8, 4) is 0 Å². The molecule has 2 amide bonds. The molecule has 1 fully saturated rings. The maximum Gasteiger partial charge on any atom is 0.416 e. The summed E-state index contributed by atoms with van der Waals surface area (Å²) in [6, 6.07) is 5.03. The first-order valence-electron chi connectivity index (χ1n) is 8.39. The highest BCUT2D eigenvalue weighted by atomic mass is 19.4. The zero-order valence-corrected chi connectivity index (χ0v) is 14.3. The lowest BCUT2D eigenvalue weighted by Crippen LogP contribution is -2.51. The zero-order valence-electron chi connectivity index (χ0n) is 14.3. The second-order valence-corrected chi connectivity index (χ2v) is 6.19. The normalized spacial score (nSPS) is 15.7. The van der Waals surface area contributed by atoms with Crippen LogP contribution in [0.25, 0.3) is 0 Å². The molecule has 26 heavy (non-hydrogen) atoms. The number of amides is 2. The van der Waals surface area contributed by atoms with Crippen LogP contribution in [-0.2, 0) is 17.5 Å². The minimum absolute atomic E-state index is 0.00501. The number of alkyl halides is 3. The number of carbonyl (C=O) groups is 2. The number of hydrogen-bond acceptors (Lipinski definition) is 3. The summed E-state index contributed by atoms with van der Waals surface area (Å²) in [5.74, 6) is -0.901. The molecule has 0 aromatic heterocycles. The lowest BCUT2D eigenvalue weighted by Gasteiger charge is -2.34. The second kappa shape index (κ2) is 8.88. The average Bonchev–Trinajstić information content (AvgIpc) is 2.58. The van der Waals surface area contributed by atoms with Crippen LogP contribution in [0.4, 0.5) is 18.0 Å². The lowest BCUT2D eigenvalue weighted by molar-refractivity contribution is -0.138. The Hall–Kier alpha value is -2.29. The molecule has 0 saturated carbocycles. The molecule has 0 bridgehead atoms. The molecule has 0 aliphatic carbocycles. The predicted molar refractivity (Wildman–Crippen MR) is 88.6 cm³/mol. The molecule has 0 spiro atoms. The van der Waals surface area contributed by atoms with Crippen LogP contribution in [-0.4, -0.2) is 59.6 Å². The summed E-state index contributed by atoms with van der Waals surface area (Å²) in [5, 5.41) is 11.2. The van der Waals surface area contributed by atoms with Gasteiger partial charge in [-0.15, -0.1) is 0 Å². The van der Waals surface area contributed by atoms with Crippen LogP contribution in [0.3, 0.4) is 0 Å². The second-order valence-electron chi connectivity index (χ2n) is 6.19. The number of nitrogens with one attached hydrogen (secondary N) is 1. The van der Waals surface area contributed by atoms with Crippen molar-refractivity contribution < 1.29 is 27.9 Å². The molecule has 2 N–H and O–H groups in total. The Labute approximate surface area is 149 Å². The van der Waals surface area contributed by atoms with Crippen LogP contribution in [0.5, 0.6) is 0 Å². The van der Waals surface area contributed by atoms with Crippen molar-refractivity contribution >= 4 is 12.0 Å². The highest BCUT2D eigenvalue weighted by Crippen LogP contribution is 2.29. The number of halogens is 3. The van der Waals surface area contributed by atoms with Crippen molar-refractivity contribution in [3.63, 3.8) is 0 Å². The molecule has 1 aliphatic rings. The van der Waals surface area contributed by atoms with Gasteiger partial charge in [0.25, 0.3) is 0 Å². The maximum atomic E-state index is 12.8. The number of urea groups is 1. The van der Waals surface area contributed by atoms with E-state index in [1.54, 1.807) is 11.0 Å². The number of carboxylic acids is 1. The van der Waals surface area contributed by atoms with E-state index >= 15 is 0 Å². The third kappa shape index (κ3) is 6.21. The molecule has 2 rings (SSSR count). The van der Waals surface area contributed by atoms with Gasteiger partial charge in [-0.05, 0) is 18.1 Å². The predicted octanol–water partition coefficient (Wildman–Crippen LogP) is 2.40. The first-order chi connectivity index (χ1) is 12.3. The molecule has 9 heteroatoms. The summed E-state index contributed by atoms with van der Waals surface area (Å²) in [4.78, 5) is 26.0. The summed E-state index contributed by atoms with van der Waals surface area (Å²) >= 11 is 0. The van der Waals surface area contributed by atoms with E-state index in [2.05, 4.69) is 5.32 Å². The van der Waals surface area contributed by atoms with Gasteiger partial charge in [0.2, 0.25) is 0 Å². The van der Waals surface area contributed by atoms with Gasteiger partial charge in [0, 0.05) is 45.7 Å². The number of benzene rings is 1. The fourth-order valence-electron chi connectivity index (χ4n) is 2.76. The van der Waals surface area contributed by atoms with E-state index in [1.165, 1.54) is 6.07 Å². The van der Waals surface area contributed by atoms with E-state index in [0.717, 1.165) is 12.1 Å². The standard InChI is InChI=1S/C17H22F3N3O3/c18-17(19,20)14-4-1-3-13(11-14)12-22-7-9-23(10-8-22)16(26)21-6-2-5-15(24)25/h1,3-4,11H,2,5-10,12H2,(H,21,26)(H,24,25). The summed E-state index contributed by atoms with van der Waals surface area (Å²) in [5.41, 5.74) is -0.0687. The Morgan fingerprint density at radius 1 is 1.15 bits per heavy atom. The van der Waals surface area contributed by atoms with E-state index in [1.807, 2.05) is 4.90 Å². The van der Waals surface area contributed by atoms with Crippen molar-refractivity contribution in [1.82, 2.24) is 15.1 Å². The van der Waals surface area contributed by atoms with Crippen LogP contribution in [0.2, 0.25) is 0 Å². The van der Waals surface area contributed by atoms with Gasteiger partial charge in [-0.2, -0.15) is 13.2 Å². The molecule has 6 nitrogen and oxygen atoms in total. The van der Waals surface area contributed by atoms with Gasteiger partial charge in [-0.25, -0.2) is 4.79 Å². The smallest absolute Gasteiger partial charge is 0.416 e. The van der Waals surface area contributed by atoms with Gasteiger partial charge in [-0.3, -0.25) is 9.69 Å². The van der Waals surface area contributed by atoms with Crippen molar-refractivity contribution in [2.75, 3.05) is 32.7 Å². The number of carboxylic acid groups (broad SMARTS) is 1. The van der Waals surface area contributed by atoms with Crippen molar-refractivity contribution in [2.45, 2.75) is 25.6 Å². The minimum atomic E-state index is -4.35. The van der Waals surface area contributed by atoms with Crippen LogP contribution in [0, 0.1) is 0 Å². The average molecular weight is 373 g/mol. The summed E-state index contributed by atoms with van der Waals surface area (Å²) in [6.07, 6.45) is -3.98. The fraction of sp³-hybridized carbons (Fsp3) is 0.529. The first kappa shape index (κ1) is 20.0. The molecule has 1 aromatic rings. The Morgan fingerprint density at radius 2 is 1.85 bits per heavy atom. The number of aliphatic carboxylic acids is 1. The van der Waals surface area contributed by atoms with Gasteiger partial charge >= 0.3 is 18.2 Å². The van der Waals surface area contributed by atoms with E-state index in [9.17, 15) is 22.8 Å². The van der Waals surface area contributed by atoms with Crippen LogP contribution >= 0.6 is 0 Å². The molecule has 1 aliphatic heterocycles. The number of rotatable bonds is 6. The molecule has 0 radical (unpaired) electrons. The van der Waals surface area contributed by atoms with Gasteiger partial charge in [-0.1, -0.05) is 18.2 Å². The highest BCUT2D eigenvalue weighted by Gasteiger charge is 2.30. The SMILES string of the molecule is O=C(O)CCCNC(=O)N1CCN(Cc2cccc(C(F)(F)F)c2)CC1. The van der Waals surface area contributed by atoms with Gasteiger partial charge < -0.3 is 15.3 Å². The van der Waals surface area contributed by atoms with E-state index in [4.69, 9.17) is 5.11 Å². The summed E-state index contributed by atoms with van der Waals surface area (Å²) < 4.78 is 38.3. The molecule has 0 unspecified atom stereocenters. The Kier molecular flexibility index (Phi) is 6.84.